The number of nitriles is 1. The van der Waals surface area contributed by atoms with Crippen LogP contribution in [0.25, 0.3) is 0 Å². The van der Waals surface area contributed by atoms with Crippen molar-refractivity contribution in [3.05, 3.63) is 0 Å². The Bertz CT molecular complexity index is 366. The third-order valence-corrected chi connectivity index (χ3v) is 4.86. The predicted octanol–water partition coefficient (Wildman–Crippen LogP) is 1.66. The maximum atomic E-state index is 9.54. The molecule has 0 spiro atoms. The van der Waals surface area contributed by atoms with Gasteiger partial charge in [-0.15, -0.1) is 0 Å². The summed E-state index contributed by atoms with van der Waals surface area (Å²) in [6.07, 6.45) is 6.46. The minimum absolute atomic E-state index is 0.295. The molecule has 1 saturated carbocycles. The fourth-order valence-electron chi connectivity index (χ4n) is 4.09. The molecule has 19 heavy (non-hydrogen) atoms. The van der Waals surface area contributed by atoms with E-state index in [-0.39, 0.29) is 5.54 Å². The summed E-state index contributed by atoms with van der Waals surface area (Å²) < 4.78 is 5.91. The lowest BCUT2D eigenvalue weighted by molar-refractivity contribution is -0.0523. The zero-order valence-electron chi connectivity index (χ0n) is 12.1. The van der Waals surface area contributed by atoms with Crippen LogP contribution in [0.4, 0.5) is 0 Å². The summed E-state index contributed by atoms with van der Waals surface area (Å²) in [6, 6.07) is 3.49. The third-order valence-electron chi connectivity index (χ3n) is 4.86. The van der Waals surface area contributed by atoms with E-state index >= 15 is 0 Å². The predicted molar refractivity (Wildman–Crippen MR) is 73.7 cm³/mol. The molecule has 4 unspecified atom stereocenters. The van der Waals surface area contributed by atoms with Crippen LogP contribution in [-0.2, 0) is 4.74 Å². The van der Waals surface area contributed by atoms with Crippen molar-refractivity contribution in [2.24, 2.45) is 0 Å². The van der Waals surface area contributed by atoms with Gasteiger partial charge in [0.15, 0.2) is 0 Å². The number of ether oxygens (including phenoxy) is 1. The highest BCUT2D eigenvalue weighted by Gasteiger charge is 2.44. The Kier molecular flexibility index (Phi) is 3.55. The Morgan fingerprint density at radius 1 is 1.26 bits per heavy atom. The molecule has 0 amide bonds. The van der Waals surface area contributed by atoms with E-state index < -0.39 is 0 Å². The Morgan fingerprint density at radius 3 is 2.53 bits per heavy atom. The topological polar surface area (TPSA) is 48.3 Å². The second kappa shape index (κ2) is 5.05. The molecule has 3 fully saturated rings. The van der Waals surface area contributed by atoms with E-state index in [0.29, 0.717) is 24.3 Å². The van der Waals surface area contributed by atoms with Gasteiger partial charge >= 0.3 is 0 Å². The van der Waals surface area contributed by atoms with Crippen LogP contribution in [0.15, 0.2) is 0 Å². The van der Waals surface area contributed by atoms with Crippen molar-refractivity contribution in [1.29, 1.82) is 5.26 Å². The molecule has 4 heteroatoms. The summed E-state index contributed by atoms with van der Waals surface area (Å²) in [5.41, 5.74) is -0.295. The molecule has 0 aromatic carbocycles. The van der Waals surface area contributed by atoms with Crippen molar-refractivity contribution < 1.29 is 4.74 Å². The number of morpholine rings is 1. The van der Waals surface area contributed by atoms with E-state index in [1.807, 2.05) is 0 Å². The van der Waals surface area contributed by atoms with Crippen molar-refractivity contribution in [3.8, 4) is 6.07 Å². The summed E-state index contributed by atoms with van der Waals surface area (Å²) >= 11 is 0. The van der Waals surface area contributed by atoms with Crippen LogP contribution in [0.2, 0.25) is 0 Å². The van der Waals surface area contributed by atoms with Crippen LogP contribution in [0.1, 0.15) is 46.0 Å². The van der Waals surface area contributed by atoms with Gasteiger partial charge in [0, 0.05) is 25.2 Å². The third kappa shape index (κ3) is 2.65. The average Bonchev–Trinajstić information content (AvgIpc) is 2.94. The minimum atomic E-state index is -0.295. The van der Waals surface area contributed by atoms with E-state index in [4.69, 9.17) is 4.74 Å². The van der Waals surface area contributed by atoms with Gasteiger partial charge in [-0.05, 0) is 46.0 Å². The van der Waals surface area contributed by atoms with Crippen LogP contribution in [0.3, 0.4) is 0 Å². The molecule has 0 aromatic rings. The number of hydrogen-bond donors (Lipinski definition) is 1. The Labute approximate surface area is 116 Å². The summed E-state index contributed by atoms with van der Waals surface area (Å²) in [5, 5.41) is 13.0. The fourth-order valence-corrected chi connectivity index (χ4v) is 4.09. The molecule has 2 saturated heterocycles. The molecule has 4 atom stereocenters. The number of hydrogen-bond acceptors (Lipinski definition) is 4. The first-order valence-corrected chi connectivity index (χ1v) is 7.69. The first-order valence-electron chi connectivity index (χ1n) is 7.69. The molecule has 2 heterocycles. The van der Waals surface area contributed by atoms with Gasteiger partial charge in [0.2, 0.25) is 0 Å². The minimum Gasteiger partial charge on any atom is -0.372 e. The second-order valence-electron chi connectivity index (χ2n) is 6.80. The number of nitrogens with one attached hydrogen (secondary N) is 1. The Morgan fingerprint density at radius 2 is 1.95 bits per heavy atom. The highest BCUT2D eigenvalue weighted by molar-refractivity contribution is 5.14. The molecule has 1 N–H and O–H groups in total. The molecule has 0 aromatic heterocycles. The van der Waals surface area contributed by atoms with Gasteiger partial charge in [0.25, 0.3) is 0 Å². The molecule has 3 rings (SSSR count). The molecule has 0 radical (unpaired) electrons. The summed E-state index contributed by atoms with van der Waals surface area (Å²) in [7, 11) is 0. The Balaban J connectivity index is 1.63. The van der Waals surface area contributed by atoms with Crippen molar-refractivity contribution >= 4 is 0 Å². The molecule has 106 valence electrons. The van der Waals surface area contributed by atoms with Gasteiger partial charge in [0.1, 0.15) is 5.54 Å². The van der Waals surface area contributed by atoms with Crippen LogP contribution < -0.4 is 5.32 Å². The number of fused-ring (bicyclic) bond motifs is 2. The second-order valence-corrected chi connectivity index (χ2v) is 6.80. The molecule has 1 aliphatic carbocycles. The molecular weight excluding hydrogens is 238 g/mol. The normalized spacial score (nSPS) is 42.7. The van der Waals surface area contributed by atoms with Gasteiger partial charge in [0.05, 0.1) is 18.3 Å². The maximum absolute atomic E-state index is 9.54. The highest BCUT2D eigenvalue weighted by Crippen LogP contribution is 2.36. The largest absolute Gasteiger partial charge is 0.372 e. The monoisotopic (exact) mass is 263 g/mol. The highest BCUT2D eigenvalue weighted by atomic mass is 16.5. The summed E-state index contributed by atoms with van der Waals surface area (Å²) in [4.78, 5) is 2.59. The smallest absolute Gasteiger partial charge is 0.108 e. The van der Waals surface area contributed by atoms with Gasteiger partial charge in [-0.2, -0.15) is 5.26 Å². The van der Waals surface area contributed by atoms with Crippen molar-refractivity contribution in [2.45, 2.75) is 75.8 Å². The van der Waals surface area contributed by atoms with Crippen LogP contribution in [-0.4, -0.2) is 47.8 Å². The quantitative estimate of drug-likeness (QED) is 0.841. The standard InChI is InChI=1S/C15H25N3O/c1-11(2)17-15(10-16)6-5-12(7-15)18-8-13-3-4-14(9-18)19-13/h11-14,17H,3-9H2,1-2H3. The lowest BCUT2D eigenvalue weighted by Gasteiger charge is -2.37. The maximum Gasteiger partial charge on any atom is 0.108 e. The van der Waals surface area contributed by atoms with E-state index in [1.165, 1.54) is 12.8 Å². The molecular formula is C15H25N3O. The van der Waals surface area contributed by atoms with Crippen molar-refractivity contribution in [2.75, 3.05) is 13.1 Å². The lowest BCUT2D eigenvalue weighted by Crippen LogP contribution is -2.50. The number of nitrogens with zero attached hydrogens (tertiary/aromatic N) is 2. The zero-order chi connectivity index (χ0) is 13.5. The average molecular weight is 263 g/mol. The van der Waals surface area contributed by atoms with E-state index in [2.05, 4.69) is 30.1 Å². The SMILES string of the molecule is CC(C)NC1(C#N)CCC(N2CC3CCC(C2)O3)C1. The van der Waals surface area contributed by atoms with Crippen LogP contribution in [0, 0.1) is 11.3 Å². The first-order chi connectivity index (χ1) is 9.10. The van der Waals surface area contributed by atoms with Crippen molar-refractivity contribution in [1.82, 2.24) is 10.2 Å². The number of rotatable bonds is 3. The van der Waals surface area contributed by atoms with Crippen molar-refractivity contribution in [3.63, 3.8) is 0 Å². The summed E-state index contributed by atoms with van der Waals surface area (Å²) in [6.45, 7) is 6.40. The molecule has 4 nitrogen and oxygen atoms in total. The van der Waals surface area contributed by atoms with E-state index in [0.717, 1.165) is 32.4 Å². The van der Waals surface area contributed by atoms with E-state index in [9.17, 15) is 5.26 Å². The van der Waals surface area contributed by atoms with Crippen LogP contribution in [0.5, 0.6) is 0 Å². The molecule has 2 bridgehead atoms. The van der Waals surface area contributed by atoms with Gasteiger partial charge in [-0.1, -0.05) is 0 Å². The van der Waals surface area contributed by atoms with Gasteiger partial charge in [-0.25, -0.2) is 0 Å². The number of likely N-dealkylation sites (tertiary alicyclic amines) is 1. The van der Waals surface area contributed by atoms with Crippen LogP contribution >= 0.6 is 0 Å². The van der Waals surface area contributed by atoms with Gasteiger partial charge < -0.3 is 4.74 Å². The molecule has 2 aliphatic heterocycles. The van der Waals surface area contributed by atoms with E-state index in [1.54, 1.807) is 0 Å². The first kappa shape index (κ1) is 13.4. The lowest BCUT2D eigenvalue weighted by atomic mass is 9.98. The summed E-state index contributed by atoms with van der Waals surface area (Å²) in [5.74, 6) is 0. The zero-order valence-corrected chi connectivity index (χ0v) is 12.1. The fraction of sp³-hybridized carbons (Fsp3) is 0.933. The Hall–Kier alpha value is -0.630. The van der Waals surface area contributed by atoms with Gasteiger partial charge in [-0.3, -0.25) is 10.2 Å². The molecule has 3 aliphatic rings.